The SMILES string of the molecule is CN=C(NCCN(C)Cc1ccc(F)cc1)NCC(=O)NC(C)(C)C. The smallest absolute Gasteiger partial charge is 0.239 e. The second-order valence-corrected chi connectivity index (χ2v) is 7.01. The fraction of sp³-hybridized carbons (Fsp3) is 0.556. The number of aliphatic imine (C=N–C) groups is 1. The van der Waals surface area contributed by atoms with Gasteiger partial charge in [0.2, 0.25) is 5.91 Å². The number of likely N-dealkylation sites (N-methyl/N-ethyl adjacent to an activating group) is 1. The molecule has 0 atom stereocenters. The predicted octanol–water partition coefficient (Wildman–Crippen LogP) is 1.34. The normalized spacial score (nSPS) is 12.2. The first-order chi connectivity index (χ1) is 11.7. The monoisotopic (exact) mass is 351 g/mol. The Balaban J connectivity index is 2.28. The summed E-state index contributed by atoms with van der Waals surface area (Å²) < 4.78 is 12.9. The van der Waals surface area contributed by atoms with Gasteiger partial charge in [0, 0.05) is 32.2 Å². The van der Waals surface area contributed by atoms with Crippen molar-refractivity contribution in [1.29, 1.82) is 0 Å². The van der Waals surface area contributed by atoms with Crippen LogP contribution in [0.15, 0.2) is 29.3 Å². The van der Waals surface area contributed by atoms with Crippen molar-refractivity contribution in [3.05, 3.63) is 35.6 Å². The fourth-order valence-electron chi connectivity index (χ4n) is 2.19. The van der Waals surface area contributed by atoms with Gasteiger partial charge in [-0.25, -0.2) is 4.39 Å². The zero-order valence-electron chi connectivity index (χ0n) is 15.8. The quantitative estimate of drug-likeness (QED) is 0.512. The van der Waals surface area contributed by atoms with E-state index in [0.717, 1.165) is 18.7 Å². The van der Waals surface area contributed by atoms with Gasteiger partial charge in [0.05, 0.1) is 6.54 Å². The lowest BCUT2D eigenvalue weighted by Gasteiger charge is -2.21. The first kappa shape index (κ1) is 20.9. The van der Waals surface area contributed by atoms with Crippen molar-refractivity contribution in [3.63, 3.8) is 0 Å². The summed E-state index contributed by atoms with van der Waals surface area (Å²) in [5.74, 6) is 0.279. The van der Waals surface area contributed by atoms with E-state index in [2.05, 4.69) is 25.8 Å². The summed E-state index contributed by atoms with van der Waals surface area (Å²) in [5, 5.41) is 9.04. The number of hydrogen-bond acceptors (Lipinski definition) is 3. The number of hydrogen-bond donors (Lipinski definition) is 3. The number of nitrogens with one attached hydrogen (secondary N) is 3. The molecule has 0 saturated heterocycles. The highest BCUT2D eigenvalue weighted by atomic mass is 19.1. The Labute approximate surface area is 149 Å². The zero-order valence-corrected chi connectivity index (χ0v) is 15.8. The molecule has 0 spiro atoms. The molecule has 3 N–H and O–H groups in total. The molecular weight excluding hydrogens is 321 g/mol. The average molecular weight is 351 g/mol. The van der Waals surface area contributed by atoms with Gasteiger partial charge in [-0.2, -0.15) is 0 Å². The molecule has 0 unspecified atom stereocenters. The predicted molar refractivity (Wildman–Crippen MR) is 100.0 cm³/mol. The van der Waals surface area contributed by atoms with Gasteiger partial charge in [-0.05, 0) is 45.5 Å². The van der Waals surface area contributed by atoms with Gasteiger partial charge in [-0.1, -0.05) is 12.1 Å². The van der Waals surface area contributed by atoms with Crippen LogP contribution in [0.2, 0.25) is 0 Å². The summed E-state index contributed by atoms with van der Waals surface area (Å²) in [5.41, 5.74) is 0.809. The van der Waals surface area contributed by atoms with Crippen molar-refractivity contribution in [1.82, 2.24) is 20.9 Å². The van der Waals surface area contributed by atoms with E-state index in [1.165, 1.54) is 12.1 Å². The highest BCUT2D eigenvalue weighted by Gasteiger charge is 2.13. The van der Waals surface area contributed by atoms with Gasteiger partial charge in [0.25, 0.3) is 0 Å². The molecule has 1 aromatic carbocycles. The van der Waals surface area contributed by atoms with Crippen LogP contribution in [0, 0.1) is 5.82 Å². The molecule has 0 saturated carbocycles. The molecule has 1 aromatic rings. The number of benzene rings is 1. The molecule has 0 aromatic heterocycles. The van der Waals surface area contributed by atoms with Gasteiger partial charge in [-0.15, -0.1) is 0 Å². The number of guanidine groups is 1. The average Bonchev–Trinajstić information content (AvgIpc) is 2.51. The maximum absolute atomic E-state index is 12.9. The van der Waals surface area contributed by atoms with Crippen LogP contribution in [-0.4, -0.2) is 56.0 Å². The molecule has 6 nitrogen and oxygen atoms in total. The summed E-state index contributed by atoms with van der Waals surface area (Å²) in [6.07, 6.45) is 0. The number of halogens is 1. The van der Waals surface area contributed by atoms with Crippen LogP contribution in [0.5, 0.6) is 0 Å². The van der Waals surface area contributed by atoms with Crippen molar-refractivity contribution < 1.29 is 9.18 Å². The molecule has 25 heavy (non-hydrogen) atoms. The minimum atomic E-state index is -0.251. The van der Waals surface area contributed by atoms with Crippen molar-refractivity contribution in [2.45, 2.75) is 32.9 Å². The highest BCUT2D eigenvalue weighted by molar-refractivity contribution is 5.86. The molecular formula is C18H30FN5O. The second kappa shape index (κ2) is 9.98. The van der Waals surface area contributed by atoms with Crippen LogP contribution >= 0.6 is 0 Å². The summed E-state index contributed by atoms with van der Waals surface area (Å²) in [6, 6.07) is 6.51. The van der Waals surface area contributed by atoms with E-state index in [1.807, 2.05) is 27.8 Å². The molecule has 1 amide bonds. The number of carbonyl (C=O) groups is 1. The molecule has 0 aliphatic heterocycles. The summed E-state index contributed by atoms with van der Waals surface area (Å²) in [6.45, 7) is 8.19. The summed E-state index contributed by atoms with van der Waals surface area (Å²) in [7, 11) is 3.66. The first-order valence-electron chi connectivity index (χ1n) is 8.38. The van der Waals surface area contributed by atoms with E-state index < -0.39 is 0 Å². The third kappa shape index (κ3) is 9.66. The highest BCUT2D eigenvalue weighted by Crippen LogP contribution is 2.05. The molecule has 7 heteroatoms. The number of carbonyl (C=O) groups excluding carboxylic acids is 1. The van der Waals surface area contributed by atoms with Crippen LogP contribution in [0.25, 0.3) is 0 Å². The zero-order chi connectivity index (χ0) is 18.9. The summed E-state index contributed by atoms with van der Waals surface area (Å²) in [4.78, 5) is 18.0. The lowest BCUT2D eigenvalue weighted by Crippen LogP contribution is -2.48. The Bertz CT molecular complexity index is 566. The van der Waals surface area contributed by atoms with E-state index >= 15 is 0 Å². The Morgan fingerprint density at radius 3 is 2.40 bits per heavy atom. The van der Waals surface area contributed by atoms with Crippen LogP contribution in [0.4, 0.5) is 4.39 Å². The second-order valence-electron chi connectivity index (χ2n) is 7.01. The Kier molecular flexibility index (Phi) is 8.34. The standard InChI is InChI=1S/C18H30FN5O/c1-18(2,3)23-16(25)12-22-17(20-4)21-10-11-24(5)13-14-6-8-15(19)9-7-14/h6-9H,10-13H2,1-5H3,(H,23,25)(H2,20,21,22). The van der Waals surface area contributed by atoms with Gasteiger partial charge in [0.1, 0.15) is 5.82 Å². The van der Waals surface area contributed by atoms with Crippen molar-refractivity contribution in [3.8, 4) is 0 Å². The van der Waals surface area contributed by atoms with Gasteiger partial charge in [-0.3, -0.25) is 9.79 Å². The van der Waals surface area contributed by atoms with E-state index in [-0.39, 0.29) is 23.8 Å². The third-order valence-electron chi connectivity index (χ3n) is 3.31. The molecule has 0 aliphatic rings. The molecule has 0 aliphatic carbocycles. The van der Waals surface area contributed by atoms with Crippen LogP contribution in [0.1, 0.15) is 26.3 Å². The Morgan fingerprint density at radius 2 is 1.84 bits per heavy atom. The molecule has 0 fully saturated rings. The lowest BCUT2D eigenvalue weighted by molar-refractivity contribution is -0.121. The lowest BCUT2D eigenvalue weighted by atomic mass is 10.1. The van der Waals surface area contributed by atoms with E-state index in [4.69, 9.17) is 0 Å². The van der Waals surface area contributed by atoms with Crippen LogP contribution in [-0.2, 0) is 11.3 Å². The number of nitrogens with zero attached hydrogens (tertiary/aromatic N) is 2. The van der Waals surface area contributed by atoms with Crippen LogP contribution < -0.4 is 16.0 Å². The first-order valence-corrected chi connectivity index (χ1v) is 8.38. The minimum absolute atomic E-state index is 0.0797. The van der Waals surface area contributed by atoms with E-state index in [9.17, 15) is 9.18 Å². The largest absolute Gasteiger partial charge is 0.355 e. The van der Waals surface area contributed by atoms with Crippen molar-refractivity contribution >= 4 is 11.9 Å². The van der Waals surface area contributed by atoms with Crippen LogP contribution in [0.3, 0.4) is 0 Å². The molecule has 1 rings (SSSR count). The van der Waals surface area contributed by atoms with Crippen molar-refractivity contribution in [2.75, 3.05) is 33.7 Å². The van der Waals surface area contributed by atoms with Gasteiger partial charge < -0.3 is 20.9 Å². The third-order valence-corrected chi connectivity index (χ3v) is 3.31. The van der Waals surface area contributed by atoms with E-state index in [1.54, 1.807) is 19.2 Å². The maximum Gasteiger partial charge on any atom is 0.239 e. The maximum atomic E-state index is 12.9. The Morgan fingerprint density at radius 1 is 1.20 bits per heavy atom. The summed E-state index contributed by atoms with van der Waals surface area (Å²) >= 11 is 0. The van der Waals surface area contributed by atoms with Crippen molar-refractivity contribution in [2.24, 2.45) is 4.99 Å². The molecule has 140 valence electrons. The van der Waals surface area contributed by atoms with Gasteiger partial charge >= 0.3 is 0 Å². The molecule has 0 radical (unpaired) electrons. The van der Waals surface area contributed by atoms with E-state index in [0.29, 0.717) is 12.5 Å². The minimum Gasteiger partial charge on any atom is -0.355 e. The number of rotatable bonds is 7. The fourth-order valence-corrected chi connectivity index (χ4v) is 2.19. The van der Waals surface area contributed by atoms with Gasteiger partial charge in [0.15, 0.2) is 5.96 Å². The number of amides is 1. The molecule has 0 heterocycles. The Hall–Kier alpha value is -2.15. The topological polar surface area (TPSA) is 68.8 Å². The molecule has 0 bridgehead atoms.